The summed E-state index contributed by atoms with van der Waals surface area (Å²) < 4.78 is 3.27. The average Bonchev–Trinajstić information content (AvgIpc) is 1.60. The van der Waals surface area contributed by atoms with Crippen LogP contribution in [0, 0.1) is 0 Å². The van der Waals surface area contributed by atoms with E-state index in [1.165, 1.54) is 6.92 Å². The maximum Gasteiger partial charge on any atom is -0.0267 e. The van der Waals surface area contributed by atoms with Crippen molar-refractivity contribution in [2.24, 2.45) is 0 Å². The molecule has 0 saturated carbocycles. The molecule has 0 N–H and O–H groups in total. The lowest BCUT2D eigenvalue weighted by Gasteiger charge is -2.65. The largest absolute Gasteiger partial charge is 0.862 e. The molecule has 6 nitrogen and oxygen atoms in total. The van der Waals surface area contributed by atoms with Crippen LogP contribution in [0.15, 0.2) is 0 Å². The van der Waals surface area contributed by atoms with Crippen LogP contribution >= 0.6 is 0 Å². The van der Waals surface area contributed by atoms with Crippen molar-refractivity contribution in [2.45, 2.75) is 13.0 Å². The van der Waals surface area contributed by atoms with Crippen molar-refractivity contribution in [3.05, 3.63) is 0 Å². The Morgan fingerprint density at radius 3 is 1.60 bits per heavy atom. The van der Waals surface area contributed by atoms with Gasteiger partial charge >= 0.3 is 0 Å². The highest BCUT2D eigenvalue weighted by Gasteiger charge is 1.98. The van der Waals surface area contributed by atoms with E-state index >= 15 is 0 Å². The summed E-state index contributed by atoms with van der Waals surface area (Å²) in [5, 5.41) is 0. The first-order valence-electron chi connectivity index (χ1n) is 2.49. The molecule has 0 aliphatic carbocycles. The molecule has 62 valence electrons. The first-order valence-corrected chi connectivity index (χ1v) is 6.05. The zero-order valence-corrected chi connectivity index (χ0v) is 7.16. The fourth-order valence-corrected chi connectivity index (χ4v) is 2.36. The quantitative estimate of drug-likeness (QED) is 0.399. The molecule has 0 radical (unpaired) electrons. The van der Waals surface area contributed by atoms with E-state index in [-0.39, 0.29) is 0 Å². The number of rotatable bonds is 3. The van der Waals surface area contributed by atoms with Gasteiger partial charge in [-0.2, -0.15) is 0 Å². The highest BCUT2D eigenvalue weighted by Crippen LogP contribution is 1.93. The van der Waals surface area contributed by atoms with E-state index in [0.29, 0.717) is 0 Å². The summed E-state index contributed by atoms with van der Waals surface area (Å²) in [6.45, 7) is 1.19. The minimum atomic E-state index is -5.63. The molecular weight excluding hydrogens is 176 g/mol. The Balaban J connectivity index is 3.89. The Morgan fingerprint density at radius 2 is 1.50 bits per heavy atom. The van der Waals surface area contributed by atoms with E-state index in [2.05, 4.69) is 4.12 Å². The van der Waals surface area contributed by atoms with Crippen molar-refractivity contribution < 1.29 is 28.1 Å². The lowest BCUT2D eigenvalue weighted by atomic mass is 11.0. The van der Waals surface area contributed by atoms with Crippen LogP contribution in [0.2, 0.25) is 6.04 Å². The summed E-state index contributed by atoms with van der Waals surface area (Å²) in [4.78, 5) is 49.7. The van der Waals surface area contributed by atoms with Gasteiger partial charge < -0.3 is 28.1 Å². The lowest BCUT2D eigenvalue weighted by molar-refractivity contribution is -0.545. The molecule has 0 bridgehead atoms. The predicted octanol–water partition coefficient (Wildman–Crippen LogP) is -5.80. The van der Waals surface area contributed by atoms with Crippen molar-refractivity contribution in [1.82, 2.24) is 0 Å². The molecule has 10 heavy (non-hydrogen) atoms. The van der Waals surface area contributed by atoms with Gasteiger partial charge in [-0.1, -0.05) is 13.0 Å². The van der Waals surface area contributed by atoms with Crippen LogP contribution in [-0.4, -0.2) is 17.9 Å². The molecule has 0 aliphatic rings. The Hall–Kier alpha value is 0.194. The van der Waals surface area contributed by atoms with Crippen LogP contribution in [0.5, 0.6) is 0 Å². The van der Waals surface area contributed by atoms with E-state index in [0.717, 1.165) is 0 Å². The smallest absolute Gasteiger partial charge is 0.0267 e. The highest BCUT2D eigenvalue weighted by molar-refractivity contribution is 6.64. The second-order valence-electron chi connectivity index (χ2n) is 1.64. The average molecular weight is 181 g/mol. The summed E-state index contributed by atoms with van der Waals surface area (Å²) in [7, 11) is -10.3. The second-order valence-corrected chi connectivity index (χ2v) is 5.53. The standard InChI is InChI=1S/C2H5O6Si2/c1-2-9(3,4)8-10(5,6)7/h2H2,1H3/q-5. The van der Waals surface area contributed by atoms with E-state index in [4.69, 9.17) is 0 Å². The van der Waals surface area contributed by atoms with Crippen LogP contribution < -0.4 is 24.0 Å². The zero-order valence-electron chi connectivity index (χ0n) is 5.16. The van der Waals surface area contributed by atoms with E-state index in [9.17, 15) is 24.0 Å². The minimum Gasteiger partial charge on any atom is -0.862 e. The number of hydrogen-bond acceptors (Lipinski definition) is 6. The van der Waals surface area contributed by atoms with E-state index in [1.807, 2.05) is 0 Å². The first kappa shape index (κ1) is 10.2. The maximum absolute atomic E-state index is 10.3. The van der Waals surface area contributed by atoms with Gasteiger partial charge in [0, 0.05) is 0 Å². The monoisotopic (exact) mass is 181 g/mol. The lowest BCUT2D eigenvalue weighted by Crippen LogP contribution is -2.83. The summed E-state index contributed by atoms with van der Waals surface area (Å²) in [5.41, 5.74) is 0. The number of hydrogen-bond donors (Lipinski definition) is 0. The Labute approximate surface area is 59.8 Å². The first-order chi connectivity index (χ1) is 4.27. The molecule has 0 aromatic rings. The van der Waals surface area contributed by atoms with Crippen LogP contribution in [0.25, 0.3) is 0 Å². The van der Waals surface area contributed by atoms with Gasteiger partial charge in [-0.05, 0) is 8.80 Å². The van der Waals surface area contributed by atoms with Gasteiger partial charge in [-0.15, -0.1) is 9.05 Å². The Kier molecular flexibility index (Phi) is 3.12. The molecule has 0 aromatic heterocycles. The van der Waals surface area contributed by atoms with Crippen molar-refractivity contribution in [3.63, 3.8) is 0 Å². The van der Waals surface area contributed by atoms with Crippen LogP contribution in [0.1, 0.15) is 6.92 Å². The molecular formula is C2H5O6Si2-5. The third kappa shape index (κ3) is 5.02. The van der Waals surface area contributed by atoms with Crippen LogP contribution in [0.4, 0.5) is 0 Å². The summed E-state index contributed by atoms with van der Waals surface area (Å²) in [5.74, 6) is 0. The van der Waals surface area contributed by atoms with E-state index in [1.54, 1.807) is 0 Å². The fourth-order valence-electron chi connectivity index (χ4n) is 0.263. The van der Waals surface area contributed by atoms with Gasteiger partial charge in [0.1, 0.15) is 0 Å². The SMILES string of the molecule is CC[Si]([O-])([O-])O[Si]([O-])([O-])[O-]. The molecule has 0 amide bonds. The van der Waals surface area contributed by atoms with Gasteiger partial charge in [-0.25, -0.2) is 0 Å². The van der Waals surface area contributed by atoms with Gasteiger partial charge in [0.2, 0.25) is 0 Å². The molecule has 0 aliphatic heterocycles. The minimum absolute atomic E-state index is 0.478. The van der Waals surface area contributed by atoms with Crippen molar-refractivity contribution in [1.29, 1.82) is 0 Å². The highest BCUT2D eigenvalue weighted by atomic mass is 28.5. The molecule has 0 spiro atoms. The van der Waals surface area contributed by atoms with Crippen LogP contribution in [-0.2, 0) is 4.12 Å². The third-order valence-electron chi connectivity index (χ3n) is 0.714. The summed E-state index contributed by atoms with van der Waals surface area (Å²) in [6, 6.07) is -0.478. The summed E-state index contributed by atoms with van der Waals surface area (Å²) in [6.07, 6.45) is 0. The molecule has 0 atom stereocenters. The molecule has 0 unspecified atom stereocenters. The normalized spacial score (nSPS) is 13.8. The topological polar surface area (TPSA) is 125 Å². The zero-order chi connectivity index (χ0) is 8.41. The predicted molar refractivity (Wildman–Crippen MR) is 23.1 cm³/mol. The van der Waals surface area contributed by atoms with Crippen molar-refractivity contribution >= 4 is 17.9 Å². The third-order valence-corrected chi connectivity index (χ3v) is 3.82. The van der Waals surface area contributed by atoms with Crippen molar-refractivity contribution in [2.75, 3.05) is 0 Å². The van der Waals surface area contributed by atoms with Gasteiger partial charge in [0.05, 0.1) is 0 Å². The van der Waals surface area contributed by atoms with Gasteiger partial charge in [0.15, 0.2) is 0 Å². The van der Waals surface area contributed by atoms with Gasteiger partial charge in [0.25, 0.3) is 0 Å². The molecule has 0 rings (SSSR count). The maximum atomic E-state index is 10.3. The molecule has 0 saturated heterocycles. The molecule has 0 aromatic carbocycles. The fraction of sp³-hybridized carbons (Fsp3) is 1.00. The second kappa shape index (κ2) is 3.06. The Bertz CT molecular complexity index is 107. The summed E-state index contributed by atoms with van der Waals surface area (Å²) >= 11 is 0. The Morgan fingerprint density at radius 1 is 1.10 bits per heavy atom. The molecule has 0 heterocycles. The molecule has 0 fully saturated rings. The van der Waals surface area contributed by atoms with Gasteiger partial charge in [-0.3, -0.25) is 0 Å². The van der Waals surface area contributed by atoms with E-state index < -0.39 is 23.9 Å². The van der Waals surface area contributed by atoms with Crippen molar-refractivity contribution in [3.8, 4) is 0 Å². The van der Waals surface area contributed by atoms with Crippen LogP contribution in [0.3, 0.4) is 0 Å². The molecule has 8 heteroatoms.